The molecule has 0 radical (unpaired) electrons. The fraction of sp³-hybridized carbons (Fsp3) is 0.0556. The number of H-pyrrole nitrogens is 1. The molecular weight excluding hydrogens is 323 g/mol. The van der Waals surface area contributed by atoms with E-state index in [4.69, 9.17) is 0 Å². The van der Waals surface area contributed by atoms with Crippen LogP contribution in [0.1, 0.15) is 26.3 Å². The minimum Gasteiger partial charge on any atom is -0.348 e. The number of aromatic nitrogens is 2. The smallest absolute Gasteiger partial charge is 0.255 e. The van der Waals surface area contributed by atoms with Gasteiger partial charge in [-0.05, 0) is 35.9 Å². The van der Waals surface area contributed by atoms with Crippen LogP contribution in [0.2, 0.25) is 0 Å². The average molecular weight is 338 g/mol. The predicted octanol–water partition coefficient (Wildman–Crippen LogP) is 2.73. The Bertz CT molecular complexity index is 894. The van der Waals surface area contributed by atoms with E-state index in [1.54, 1.807) is 18.2 Å². The van der Waals surface area contributed by atoms with Crippen LogP contribution in [0, 0.1) is 5.82 Å². The molecule has 0 aliphatic carbocycles. The lowest BCUT2D eigenvalue weighted by molar-refractivity contribution is 0.0950. The van der Waals surface area contributed by atoms with E-state index in [0.717, 1.165) is 5.56 Å². The number of carbonyl (C=O) groups excluding carboxylic acids is 2. The minimum atomic E-state index is -0.469. The van der Waals surface area contributed by atoms with Crippen molar-refractivity contribution in [1.82, 2.24) is 15.5 Å². The zero-order valence-electron chi connectivity index (χ0n) is 13.1. The van der Waals surface area contributed by atoms with Crippen molar-refractivity contribution in [3.63, 3.8) is 0 Å². The summed E-state index contributed by atoms with van der Waals surface area (Å²) in [6.07, 6.45) is 2.94. The largest absolute Gasteiger partial charge is 0.348 e. The number of hydrogen-bond acceptors (Lipinski definition) is 3. The Hall–Kier alpha value is -3.48. The number of benzene rings is 2. The van der Waals surface area contributed by atoms with Gasteiger partial charge in [0.1, 0.15) is 5.82 Å². The summed E-state index contributed by atoms with van der Waals surface area (Å²) in [5, 5.41) is 11.8. The molecule has 7 heteroatoms. The summed E-state index contributed by atoms with van der Waals surface area (Å²) in [4.78, 5) is 24.0. The van der Waals surface area contributed by atoms with Crippen molar-refractivity contribution in [3.05, 3.63) is 83.4 Å². The zero-order chi connectivity index (χ0) is 17.6. The standard InChI is InChI=1S/C18H15FN4O2/c19-15-5-2-4-13(8-15)18(25)23-16-6-1-3-12(7-16)9-20-17(24)14-10-21-22-11-14/h1-8,10-11H,9H2,(H,20,24)(H,21,22)(H,23,25). The number of nitrogens with zero attached hydrogens (tertiary/aromatic N) is 1. The van der Waals surface area contributed by atoms with Crippen LogP contribution in [-0.4, -0.2) is 22.0 Å². The van der Waals surface area contributed by atoms with Gasteiger partial charge in [0.2, 0.25) is 0 Å². The van der Waals surface area contributed by atoms with Gasteiger partial charge in [-0.1, -0.05) is 18.2 Å². The number of halogens is 1. The first-order chi connectivity index (χ1) is 12.1. The number of aromatic amines is 1. The van der Waals surface area contributed by atoms with E-state index in [1.165, 1.54) is 36.7 Å². The molecule has 0 bridgehead atoms. The molecule has 3 rings (SSSR count). The van der Waals surface area contributed by atoms with E-state index in [0.29, 0.717) is 17.8 Å². The molecule has 2 aromatic carbocycles. The van der Waals surface area contributed by atoms with Crippen molar-refractivity contribution in [2.75, 3.05) is 5.32 Å². The third-order valence-electron chi connectivity index (χ3n) is 3.49. The molecule has 25 heavy (non-hydrogen) atoms. The number of hydrogen-bond donors (Lipinski definition) is 3. The molecule has 0 saturated carbocycles. The first kappa shape index (κ1) is 16.4. The number of carbonyl (C=O) groups is 2. The molecule has 0 aliphatic heterocycles. The Morgan fingerprint density at radius 2 is 1.88 bits per heavy atom. The summed E-state index contributed by atoms with van der Waals surface area (Å²) < 4.78 is 13.2. The van der Waals surface area contributed by atoms with Gasteiger partial charge in [-0.3, -0.25) is 14.7 Å². The number of rotatable bonds is 5. The van der Waals surface area contributed by atoms with E-state index in [2.05, 4.69) is 20.8 Å². The molecule has 2 amide bonds. The van der Waals surface area contributed by atoms with Gasteiger partial charge in [-0.25, -0.2) is 4.39 Å². The molecule has 1 aromatic heterocycles. The van der Waals surface area contributed by atoms with Crippen LogP contribution in [0.4, 0.5) is 10.1 Å². The SMILES string of the molecule is O=C(NCc1cccc(NC(=O)c2cccc(F)c2)c1)c1cn[nH]c1. The Morgan fingerprint density at radius 3 is 2.64 bits per heavy atom. The number of nitrogens with one attached hydrogen (secondary N) is 3. The predicted molar refractivity (Wildman–Crippen MR) is 90.6 cm³/mol. The Kier molecular flexibility index (Phi) is 4.84. The van der Waals surface area contributed by atoms with Gasteiger partial charge < -0.3 is 10.6 Å². The molecular formula is C18H15FN4O2. The van der Waals surface area contributed by atoms with Gasteiger partial charge in [0.15, 0.2) is 0 Å². The summed E-state index contributed by atoms with van der Waals surface area (Å²) in [6, 6.07) is 12.5. The molecule has 3 N–H and O–H groups in total. The number of anilines is 1. The van der Waals surface area contributed by atoms with Crippen LogP contribution in [0.5, 0.6) is 0 Å². The molecule has 126 valence electrons. The fourth-order valence-corrected chi connectivity index (χ4v) is 2.25. The van der Waals surface area contributed by atoms with Gasteiger partial charge in [0.25, 0.3) is 11.8 Å². The van der Waals surface area contributed by atoms with E-state index in [1.807, 2.05) is 6.07 Å². The van der Waals surface area contributed by atoms with Crippen LogP contribution in [-0.2, 0) is 6.54 Å². The first-order valence-electron chi connectivity index (χ1n) is 7.54. The molecule has 6 nitrogen and oxygen atoms in total. The monoisotopic (exact) mass is 338 g/mol. The highest BCUT2D eigenvalue weighted by Gasteiger charge is 2.09. The minimum absolute atomic E-state index is 0.235. The topological polar surface area (TPSA) is 86.9 Å². The fourth-order valence-electron chi connectivity index (χ4n) is 2.25. The maximum Gasteiger partial charge on any atom is 0.255 e. The van der Waals surface area contributed by atoms with Crippen LogP contribution >= 0.6 is 0 Å². The summed E-state index contributed by atoms with van der Waals surface area (Å²) in [5.74, 6) is -1.12. The Morgan fingerprint density at radius 1 is 1.04 bits per heavy atom. The van der Waals surface area contributed by atoms with Crippen molar-refractivity contribution >= 4 is 17.5 Å². The van der Waals surface area contributed by atoms with Gasteiger partial charge in [0.05, 0.1) is 11.8 Å². The molecule has 0 unspecified atom stereocenters. The Labute approximate surface area is 143 Å². The van der Waals surface area contributed by atoms with Crippen LogP contribution in [0.3, 0.4) is 0 Å². The Balaban J connectivity index is 1.63. The highest BCUT2D eigenvalue weighted by Crippen LogP contribution is 2.13. The maximum atomic E-state index is 13.2. The molecule has 0 spiro atoms. The summed E-state index contributed by atoms with van der Waals surface area (Å²) >= 11 is 0. The molecule has 0 fully saturated rings. The van der Waals surface area contributed by atoms with Gasteiger partial charge in [-0.15, -0.1) is 0 Å². The summed E-state index contributed by atoms with van der Waals surface area (Å²) in [6.45, 7) is 0.299. The van der Waals surface area contributed by atoms with E-state index in [9.17, 15) is 14.0 Å². The lowest BCUT2D eigenvalue weighted by Gasteiger charge is -2.08. The van der Waals surface area contributed by atoms with Crippen molar-refractivity contribution in [1.29, 1.82) is 0 Å². The summed E-state index contributed by atoms with van der Waals surface area (Å²) in [7, 11) is 0. The van der Waals surface area contributed by atoms with E-state index < -0.39 is 11.7 Å². The van der Waals surface area contributed by atoms with Crippen molar-refractivity contribution in [2.45, 2.75) is 6.54 Å². The highest BCUT2D eigenvalue weighted by molar-refractivity contribution is 6.04. The maximum absolute atomic E-state index is 13.2. The molecule has 3 aromatic rings. The third-order valence-corrected chi connectivity index (χ3v) is 3.49. The third kappa shape index (κ3) is 4.29. The average Bonchev–Trinajstić information content (AvgIpc) is 3.15. The second kappa shape index (κ2) is 7.39. The molecule has 0 aliphatic rings. The lowest BCUT2D eigenvalue weighted by atomic mass is 10.1. The van der Waals surface area contributed by atoms with Crippen LogP contribution in [0.25, 0.3) is 0 Å². The van der Waals surface area contributed by atoms with Crippen LogP contribution in [0.15, 0.2) is 60.9 Å². The van der Waals surface area contributed by atoms with Gasteiger partial charge in [-0.2, -0.15) is 5.10 Å². The van der Waals surface area contributed by atoms with Gasteiger partial charge >= 0.3 is 0 Å². The summed E-state index contributed by atoms with van der Waals surface area (Å²) in [5.41, 5.74) is 2.05. The quantitative estimate of drug-likeness (QED) is 0.668. The van der Waals surface area contributed by atoms with E-state index in [-0.39, 0.29) is 11.5 Å². The van der Waals surface area contributed by atoms with Crippen molar-refractivity contribution in [2.24, 2.45) is 0 Å². The van der Waals surface area contributed by atoms with E-state index >= 15 is 0 Å². The molecule has 0 atom stereocenters. The first-order valence-corrected chi connectivity index (χ1v) is 7.54. The second-order valence-corrected chi connectivity index (χ2v) is 5.33. The van der Waals surface area contributed by atoms with Crippen molar-refractivity contribution < 1.29 is 14.0 Å². The zero-order valence-corrected chi connectivity index (χ0v) is 13.1. The van der Waals surface area contributed by atoms with Crippen molar-refractivity contribution in [3.8, 4) is 0 Å². The van der Waals surface area contributed by atoms with Gasteiger partial charge in [0, 0.05) is 24.0 Å². The molecule has 1 heterocycles. The molecule has 0 saturated heterocycles. The van der Waals surface area contributed by atoms with Crippen LogP contribution < -0.4 is 10.6 Å². The second-order valence-electron chi connectivity index (χ2n) is 5.33. The number of amides is 2. The normalized spacial score (nSPS) is 10.3. The lowest BCUT2D eigenvalue weighted by Crippen LogP contribution is -2.22. The highest BCUT2D eigenvalue weighted by atomic mass is 19.1.